The number of nitrogens with two attached hydrogens (primary N) is 1. The van der Waals surface area contributed by atoms with Crippen LogP contribution >= 0.6 is 22.9 Å². The van der Waals surface area contributed by atoms with Crippen LogP contribution in [-0.2, 0) is 6.54 Å². The fourth-order valence-corrected chi connectivity index (χ4v) is 2.32. The van der Waals surface area contributed by atoms with E-state index in [1.807, 2.05) is 24.4 Å². The highest BCUT2D eigenvalue weighted by atomic mass is 35.5. The predicted molar refractivity (Wildman–Crippen MR) is 70.0 cm³/mol. The van der Waals surface area contributed by atoms with E-state index in [0.717, 1.165) is 21.9 Å². The third-order valence-electron chi connectivity index (χ3n) is 2.27. The van der Waals surface area contributed by atoms with Gasteiger partial charge in [-0.3, -0.25) is 0 Å². The van der Waals surface area contributed by atoms with Gasteiger partial charge in [-0.15, -0.1) is 11.3 Å². The minimum atomic E-state index is 0.513. The summed E-state index contributed by atoms with van der Waals surface area (Å²) in [5.74, 6) is 0. The number of nitrogens with one attached hydrogen (secondary N) is 1. The maximum Gasteiger partial charge on any atom is 0.129 e. The van der Waals surface area contributed by atoms with Gasteiger partial charge in [0.2, 0.25) is 0 Å². The smallest absolute Gasteiger partial charge is 0.129 e. The molecule has 2 aromatic rings. The third-order valence-corrected chi connectivity index (χ3v) is 3.42. The van der Waals surface area contributed by atoms with Gasteiger partial charge >= 0.3 is 0 Å². The molecule has 0 unspecified atom stereocenters. The number of halogens is 1. The zero-order chi connectivity index (χ0) is 11.5. The van der Waals surface area contributed by atoms with Gasteiger partial charge < -0.3 is 11.1 Å². The average Bonchev–Trinajstić information content (AvgIpc) is 2.63. The van der Waals surface area contributed by atoms with Crippen LogP contribution in [0.3, 0.4) is 0 Å². The van der Waals surface area contributed by atoms with E-state index >= 15 is 0 Å². The molecule has 0 atom stereocenters. The van der Waals surface area contributed by atoms with Crippen molar-refractivity contribution in [2.45, 2.75) is 13.5 Å². The van der Waals surface area contributed by atoms with Gasteiger partial charge in [0.15, 0.2) is 0 Å². The second-order valence-electron chi connectivity index (χ2n) is 3.42. The normalized spacial score (nSPS) is 10.4. The Morgan fingerprint density at radius 1 is 1.44 bits per heavy atom. The standard InChI is InChI=1S/C11H12ClN3S/c1-7-9(2-3-11(12)15-7)14-6-10-8(13)4-5-16-10/h2-5,14H,6,13H2,1H3. The van der Waals surface area contributed by atoms with Gasteiger partial charge in [0.1, 0.15) is 5.15 Å². The second-order valence-corrected chi connectivity index (χ2v) is 4.81. The SMILES string of the molecule is Cc1nc(Cl)ccc1NCc1sccc1N. The van der Waals surface area contributed by atoms with Crippen molar-refractivity contribution in [2.24, 2.45) is 0 Å². The summed E-state index contributed by atoms with van der Waals surface area (Å²) in [6.45, 7) is 2.64. The zero-order valence-corrected chi connectivity index (χ0v) is 10.4. The van der Waals surface area contributed by atoms with Crippen LogP contribution in [0, 0.1) is 6.92 Å². The lowest BCUT2D eigenvalue weighted by molar-refractivity contribution is 1.13. The van der Waals surface area contributed by atoms with Crippen LogP contribution in [-0.4, -0.2) is 4.98 Å². The number of aromatic nitrogens is 1. The van der Waals surface area contributed by atoms with Gasteiger partial charge in [0.05, 0.1) is 17.9 Å². The number of rotatable bonds is 3. The van der Waals surface area contributed by atoms with Crippen LogP contribution in [0.4, 0.5) is 11.4 Å². The molecule has 84 valence electrons. The highest BCUT2D eigenvalue weighted by Gasteiger charge is 2.03. The molecular formula is C11H12ClN3S. The summed E-state index contributed by atoms with van der Waals surface area (Å²) in [6, 6.07) is 5.61. The summed E-state index contributed by atoms with van der Waals surface area (Å²) in [6.07, 6.45) is 0. The van der Waals surface area contributed by atoms with Gasteiger partial charge in [-0.05, 0) is 30.5 Å². The number of anilines is 2. The van der Waals surface area contributed by atoms with E-state index in [9.17, 15) is 0 Å². The molecule has 0 saturated heterocycles. The van der Waals surface area contributed by atoms with Crippen molar-refractivity contribution in [1.82, 2.24) is 4.98 Å². The van der Waals surface area contributed by atoms with Gasteiger partial charge in [-0.1, -0.05) is 11.6 Å². The summed E-state index contributed by atoms with van der Waals surface area (Å²) in [7, 11) is 0. The van der Waals surface area contributed by atoms with Gasteiger partial charge in [-0.2, -0.15) is 0 Å². The van der Waals surface area contributed by atoms with Crippen molar-refractivity contribution in [3.63, 3.8) is 0 Å². The lowest BCUT2D eigenvalue weighted by atomic mass is 10.3. The Morgan fingerprint density at radius 3 is 2.88 bits per heavy atom. The molecule has 16 heavy (non-hydrogen) atoms. The van der Waals surface area contributed by atoms with E-state index in [-0.39, 0.29) is 0 Å². The maximum absolute atomic E-state index is 5.80. The van der Waals surface area contributed by atoms with Crippen molar-refractivity contribution < 1.29 is 0 Å². The molecule has 2 heterocycles. The Kier molecular flexibility index (Phi) is 3.31. The Hall–Kier alpha value is -1.26. The Morgan fingerprint density at radius 2 is 2.25 bits per heavy atom. The van der Waals surface area contributed by atoms with Crippen molar-refractivity contribution >= 4 is 34.3 Å². The minimum absolute atomic E-state index is 0.513. The molecule has 0 aliphatic carbocycles. The number of pyridine rings is 1. The van der Waals surface area contributed by atoms with Crippen LogP contribution in [0.2, 0.25) is 5.15 Å². The fraction of sp³-hybridized carbons (Fsp3) is 0.182. The lowest BCUT2D eigenvalue weighted by Crippen LogP contribution is -2.02. The van der Waals surface area contributed by atoms with Crippen molar-refractivity contribution in [3.8, 4) is 0 Å². The quantitative estimate of drug-likeness (QED) is 0.826. The molecule has 0 aliphatic heterocycles. The Balaban J connectivity index is 2.08. The monoisotopic (exact) mass is 253 g/mol. The van der Waals surface area contributed by atoms with E-state index in [1.54, 1.807) is 17.4 Å². The largest absolute Gasteiger partial charge is 0.398 e. The van der Waals surface area contributed by atoms with E-state index < -0.39 is 0 Å². The van der Waals surface area contributed by atoms with Crippen molar-refractivity contribution in [3.05, 3.63) is 39.3 Å². The number of thiophene rings is 1. The number of hydrogen-bond acceptors (Lipinski definition) is 4. The molecule has 3 nitrogen and oxygen atoms in total. The Bertz CT molecular complexity index is 496. The second kappa shape index (κ2) is 4.72. The summed E-state index contributed by atoms with van der Waals surface area (Å²) in [5.41, 5.74) is 8.51. The van der Waals surface area contributed by atoms with E-state index in [2.05, 4.69) is 10.3 Å². The summed E-state index contributed by atoms with van der Waals surface area (Å²) in [5, 5.41) is 5.79. The van der Waals surface area contributed by atoms with Gasteiger partial charge in [-0.25, -0.2) is 4.98 Å². The fourth-order valence-electron chi connectivity index (χ4n) is 1.39. The average molecular weight is 254 g/mol. The van der Waals surface area contributed by atoms with Gasteiger partial charge in [0.25, 0.3) is 0 Å². The molecule has 0 aromatic carbocycles. The van der Waals surface area contributed by atoms with Gasteiger partial charge in [0, 0.05) is 10.6 Å². The van der Waals surface area contributed by atoms with E-state index in [0.29, 0.717) is 11.7 Å². The molecule has 0 bridgehead atoms. The molecule has 0 saturated carbocycles. The first-order chi connectivity index (χ1) is 7.66. The molecule has 5 heteroatoms. The molecule has 0 spiro atoms. The zero-order valence-electron chi connectivity index (χ0n) is 8.83. The molecule has 0 fully saturated rings. The van der Waals surface area contributed by atoms with Crippen LogP contribution in [0.25, 0.3) is 0 Å². The third kappa shape index (κ3) is 2.46. The van der Waals surface area contributed by atoms with Crippen LogP contribution < -0.4 is 11.1 Å². The molecule has 0 aliphatic rings. The summed E-state index contributed by atoms with van der Waals surface area (Å²) < 4.78 is 0. The van der Waals surface area contributed by atoms with Crippen LogP contribution in [0.15, 0.2) is 23.6 Å². The van der Waals surface area contributed by atoms with E-state index in [4.69, 9.17) is 17.3 Å². The first-order valence-electron chi connectivity index (χ1n) is 4.85. The lowest BCUT2D eigenvalue weighted by Gasteiger charge is -2.08. The van der Waals surface area contributed by atoms with Crippen molar-refractivity contribution in [1.29, 1.82) is 0 Å². The summed E-state index contributed by atoms with van der Waals surface area (Å²) >= 11 is 7.43. The van der Waals surface area contributed by atoms with Crippen molar-refractivity contribution in [2.75, 3.05) is 11.1 Å². The molecular weight excluding hydrogens is 242 g/mol. The van der Waals surface area contributed by atoms with E-state index in [1.165, 1.54) is 0 Å². The topological polar surface area (TPSA) is 50.9 Å². The predicted octanol–water partition coefficient (Wildman–Crippen LogP) is 3.30. The first-order valence-corrected chi connectivity index (χ1v) is 6.11. The number of hydrogen-bond donors (Lipinski definition) is 2. The summed E-state index contributed by atoms with van der Waals surface area (Å²) in [4.78, 5) is 5.30. The number of aryl methyl sites for hydroxylation is 1. The molecule has 2 aromatic heterocycles. The Labute approximate surface area is 103 Å². The maximum atomic E-state index is 5.80. The molecule has 3 N–H and O–H groups in total. The highest BCUT2D eigenvalue weighted by Crippen LogP contribution is 2.22. The molecule has 0 amide bonds. The van der Waals surface area contributed by atoms with Crippen LogP contribution in [0.5, 0.6) is 0 Å². The first kappa shape index (κ1) is 11.2. The van der Waals surface area contributed by atoms with Crippen LogP contribution in [0.1, 0.15) is 10.6 Å². The number of nitrogens with zero attached hydrogens (tertiary/aromatic N) is 1. The minimum Gasteiger partial charge on any atom is -0.398 e. The highest BCUT2D eigenvalue weighted by molar-refractivity contribution is 7.10. The number of nitrogen functional groups attached to an aromatic ring is 1. The molecule has 2 rings (SSSR count). The molecule has 0 radical (unpaired) electrons.